The summed E-state index contributed by atoms with van der Waals surface area (Å²) in [6, 6.07) is 63.4. The lowest BCUT2D eigenvalue weighted by molar-refractivity contribution is 1.07. The molecule has 236 valence electrons. The average Bonchev–Trinajstić information content (AvgIpc) is 3.58. The van der Waals surface area contributed by atoms with Crippen LogP contribution in [0.1, 0.15) is 0 Å². The van der Waals surface area contributed by atoms with Crippen molar-refractivity contribution < 1.29 is 0 Å². The van der Waals surface area contributed by atoms with Crippen LogP contribution in [0.5, 0.6) is 0 Å². The van der Waals surface area contributed by atoms with Crippen LogP contribution in [-0.4, -0.2) is 15.0 Å². The van der Waals surface area contributed by atoms with Gasteiger partial charge in [-0.3, -0.25) is 0 Å². The van der Waals surface area contributed by atoms with Crippen LogP contribution in [0.25, 0.3) is 65.5 Å². The van der Waals surface area contributed by atoms with Gasteiger partial charge in [0.05, 0.1) is 5.69 Å². The standard InChI is InChI=1S/C45H30N4S/c1-5-14-31(15-6-1)32-24-27-37(28-25-32)49(36-20-11-4-12-21-36)39-22-13-23-40-42(39)38-29-26-35(30-41(38)50-40)45-47-43(33-16-7-2-8-17-33)46-44(48-45)34-18-9-3-10-19-34/h1-30H. The number of rotatable bonds is 7. The second-order valence-electron chi connectivity index (χ2n) is 12.1. The monoisotopic (exact) mass is 658 g/mol. The molecule has 0 fully saturated rings. The molecule has 0 aliphatic heterocycles. The summed E-state index contributed by atoms with van der Waals surface area (Å²) >= 11 is 1.80. The van der Waals surface area contributed by atoms with Gasteiger partial charge in [-0.05, 0) is 53.6 Å². The van der Waals surface area contributed by atoms with E-state index in [4.69, 9.17) is 15.0 Å². The summed E-state index contributed by atoms with van der Waals surface area (Å²) in [5.41, 5.74) is 8.62. The normalized spacial score (nSPS) is 11.2. The van der Waals surface area contributed by atoms with Crippen molar-refractivity contribution in [3.8, 4) is 45.3 Å². The SMILES string of the molecule is c1ccc(-c2ccc(N(c3ccccc3)c3cccc4sc5cc(-c6nc(-c7ccccc7)nc(-c7ccccc7)n6)ccc5c34)cc2)cc1. The van der Waals surface area contributed by atoms with E-state index in [-0.39, 0.29) is 0 Å². The first-order valence-electron chi connectivity index (χ1n) is 16.6. The Bertz CT molecular complexity index is 2510. The van der Waals surface area contributed by atoms with Gasteiger partial charge in [0.25, 0.3) is 0 Å². The van der Waals surface area contributed by atoms with Gasteiger partial charge in [0, 0.05) is 48.2 Å². The Balaban J connectivity index is 1.18. The molecule has 0 aliphatic rings. The molecule has 0 aliphatic carbocycles. The molecule has 0 spiro atoms. The van der Waals surface area contributed by atoms with Crippen LogP contribution in [0.15, 0.2) is 182 Å². The lowest BCUT2D eigenvalue weighted by Gasteiger charge is -2.26. The van der Waals surface area contributed by atoms with Gasteiger partial charge in [-0.25, -0.2) is 15.0 Å². The lowest BCUT2D eigenvalue weighted by Crippen LogP contribution is -2.10. The highest BCUT2D eigenvalue weighted by Gasteiger charge is 2.19. The zero-order valence-electron chi connectivity index (χ0n) is 27.0. The molecule has 9 rings (SSSR count). The third-order valence-electron chi connectivity index (χ3n) is 8.92. The summed E-state index contributed by atoms with van der Waals surface area (Å²) in [5, 5.41) is 2.42. The number of fused-ring (bicyclic) bond motifs is 3. The number of anilines is 3. The molecule has 7 aromatic carbocycles. The van der Waals surface area contributed by atoms with E-state index in [0.717, 1.165) is 33.8 Å². The molecular weight excluding hydrogens is 629 g/mol. The van der Waals surface area contributed by atoms with Crippen LogP contribution in [0.2, 0.25) is 0 Å². The summed E-state index contributed by atoms with van der Waals surface area (Å²) in [4.78, 5) is 17.2. The Hall–Kier alpha value is -6.43. The Morgan fingerprint density at radius 3 is 1.44 bits per heavy atom. The first kappa shape index (κ1) is 29.7. The highest BCUT2D eigenvalue weighted by molar-refractivity contribution is 7.26. The van der Waals surface area contributed by atoms with Gasteiger partial charge >= 0.3 is 0 Å². The fraction of sp³-hybridized carbons (Fsp3) is 0. The van der Waals surface area contributed by atoms with E-state index >= 15 is 0 Å². The molecular formula is C45H30N4S. The van der Waals surface area contributed by atoms with Gasteiger partial charge in [-0.1, -0.05) is 140 Å². The van der Waals surface area contributed by atoms with Crippen LogP contribution in [0, 0.1) is 0 Å². The van der Waals surface area contributed by atoms with Crippen LogP contribution < -0.4 is 4.90 Å². The van der Waals surface area contributed by atoms with E-state index < -0.39 is 0 Å². The van der Waals surface area contributed by atoms with Crippen molar-refractivity contribution in [2.75, 3.05) is 4.90 Å². The predicted molar refractivity (Wildman–Crippen MR) is 209 cm³/mol. The van der Waals surface area contributed by atoms with Crippen molar-refractivity contribution in [2.45, 2.75) is 0 Å². The van der Waals surface area contributed by atoms with E-state index in [1.807, 2.05) is 60.7 Å². The van der Waals surface area contributed by atoms with Gasteiger partial charge in [0.1, 0.15) is 0 Å². The minimum atomic E-state index is 0.654. The number of aromatic nitrogens is 3. The second kappa shape index (κ2) is 12.9. The molecule has 5 heteroatoms. The molecule has 2 heterocycles. The largest absolute Gasteiger partial charge is 0.310 e. The Morgan fingerprint density at radius 1 is 0.360 bits per heavy atom. The summed E-state index contributed by atoms with van der Waals surface area (Å²) in [7, 11) is 0. The first-order chi connectivity index (χ1) is 24.8. The quantitative estimate of drug-likeness (QED) is 0.171. The minimum Gasteiger partial charge on any atom is -0.310 e. The fourth-order valence-electron chi connectivity index (χ4n) is 6.51. The zero-order chi connectivity index (χ0) is 33.3. The van der Waals surface area contributed by atoms with Crippen molar-refractivity contribution in [2.24, 2.45) is 0 Å². The van der Waals surface area contributed by atoms with Gasteiger partial charge in [0.15, 0.2) is 17.5 Å². The maximum atomic E-state index is 4.99. The highest BCUT2D eigenvalue weighted by atomic mass is 32.1. The zero-order valence-corrected chi connectivity index (χ0v) is 27.8. The number of para-hydroxylation sites is 1. The molecule has 0 saturated carbocycles. The van der Waals surface area contributed by atoms with Gasteiger partial charge in [-0.2, -0.15) is 0 Å². The minimum absolute atomic E-state index is 0.654. The van der Waals surface area contributed by atoms with E-state index in [1.165, 1.54) is 31.3 Å². The van der Waals surface area contributed by atoms with Gasteiger partial charge in [0.2, 0.25) is 0 Å². The maximum absolute atomic E-state index is 4.99. The van der Waals surface area contributed by atoms with Crippen LogP contribution in [-0.2, 0) is 0 Å². The average molecular weight is 659 g/mol. The number of benzene rings is 7. The number of hydrogen-bond donors (Lipinski definition) is 0. The lowest BCUT2D eigenvalue weighted by atomic mass is 10.0. The number of thiophene rings is 1. The second-order valence-corrected chi connectivity index (χ2v) is 13.2. The van der Waals surface area contributed by atoms with Crippen molar-refractivity contribution in [3.63, 3.8) is 0 Å². The fourth-order valence-corrected chi connectivity index (χ4v) is 7.67. The van der Waals surface area contributed by atoms with Crippen molar-refractivity contribution in [1.82, 2.24) is 15.0 Å². The van der Waals surface area contributed by atoms with E-state index in [0.29, 0.717) is 17.5 Å². The van der Waals surface area contributed by atoms with E-state index in [2.05, 4.69) is 126 Å². The van der Waals surface area contributed by atoms with Crippen molar-refractivity contribution in [1.29, 1.82) is 0 Å². The van der Waals surface area contributed by atoms with E-state index in [1.54, 1.807) is 11.3 Å². The van der Waals surface area contributed by atoms with E-state index in [9.17, 15) is 0 Å². The summed E-state index contributed by atoms with van der Waals surface area (Å²) in [5.74, 6) is 1.97. The third kappa shape index (κ3) is 5.60. The molecule has 0 amide bonds. The smallest absolute Gasteiger partial charge is 0.164 e. The predicted octanol–water partition coefficient (Wildman–Crippen LogP) is 12.4. The maximum Gasteiger partial charge on any atom is 0.164 e. The molecule has 9 aromatic rings. The topological polar surface area (TPSA) is 41.9 Å². The molecule has 0 radical (unpaired) electrons. The van der Waals surface area contributed by atoms with Gasteiger partial charge in [-0.15, -0.1) is 11.3 Å². The summed E-state index contributed by atoms with van der Waals surface area (Å²) in [6.07, 6.45) is 0. The molecule has 0 bridgehead atoms. The highest BCUT2D eigenvalue weighted by Crippen LogP contribution is 2.45. The van der Waals surface area contributed by atoms with Crippen molar-refractivity contribution in [3.05, 3.63) is 182 Å². The van der Waals surface area contributed by atoms with Crippen molar-refractivity contribution >= 4 is 48.6 Å². The molecule has 0 unspecified atom stereocenters. The van der Waals surface area contributed by atoms with Crippen LogP contribution in [0.3, 0.4) is 0 Å². The molecule has 4 nitrogen and oxygen atoms in total. The number of nitrogens with zero attached hydrogens (tertiary/aromatic N) is 4. The third-order valence-corrected chi connectivity index (χ3v) is 10.0. The molecule has 2 aromatic heterocycles. The molecule has 0 atom stereocenters. The Kier molecular flexibility index (Phi) is 7.65. The van der Waals surface area contributed by atoms with Crippen LogP contribution >= 0.6 is 11.3 Å². The molecule has 0 N–H and O–H groups in total. The van der Waals surface area contributed by atoms with Gasteiger partial charge < -0.3 is 4.90 Å². The Morgan fingerprint density at radius 2 is 0.840 bits per heavy atom. The molecule has 50 heavy (non-hydrogen) atoms. The summed E-state index contributed by atoms with van der Waals surface area (Å²) in [6.45, 7) is 0. The first-order valence-corrected chi connectivity index (χ1v) is 17.4. The molecule has 0 saturated heterocycles. The summed E-state index contributed by atoms with van der Waals surface area (Å²) < 4.78 is 2.41. The number of hydrogen-bond acceptors (Lipinski definition) is 5. The van der Waals surface area contributed by atoms with Crippen LogP contribution in [0.4, 0.5) is 17.1 Å². The Labute approximate surface area is 294 Å².